The highest BCUT2D eigenvalue weighted by Gasteiger charge is 2.19. The Morgan fingerprint density at radius 3 is 2.85 bits per heavy atom. The van der Waals surface area contributed by atoms with Gasteiger partial charge in [0.2, 0.25) is 12.6 Å². The molecule has 0 fully saturated rings. The summed E-state index contributed by atoms with van der Waals surface area (Å²) in [5, 5.41) is 7.38. The number of hydrogen-bond acceptors (Lipinski definition) is 8. The molecule has 1 amide bonds. The zero-order valence-electron chi connectivity index (χ0n) is 18.4. The maximum Gasteiger partial charge on any atom is 0.336 e. The number of benzene rings is 2. The standard InChI is InChI=1S/C24H22N4O6/c1-2-30-11-12-32-24-26-22(20-7-4-10-31-20)28(27-24)18-6-3-5-17(14-18)25-23(29)16-8-9-19-21(13-16)34-15-33-19/h3-10,13-14H,2,11-12,15H2,1H3,(H,25,29). The molecule has 10 nitrogen and oxygen atoms in total. The Morgan fingerprint density at radius 1 is 1.09 bits per heavy atom. The van der Waals surface area contributed by atoms with Crippen LogP contribution in [0.1, 0.15) is 17.3 Å². The molecule has 2 aromatic heterocycles. The van der Waals surface area contributed by atoms with Gasteiger partial charge in [0.15, 0.2) is 17.3 Å². The van der Waals surface area contributed by atoms with Gasteiger partial charge in [0.05, 0.1) is 18.6 Å². The molecule has 0 atom stereocenters. The monoisotopic (exact) mass is 462 g/mol. The third-order valence-corrected chi connectivity index (χ3v) is 4.98. The lowest BCUT2D eigenvalue weighted by atomic mass is 10.2. The van der Waals surface area contributed by atoms with Crippen molar-refractivity contribution in [3.05, 3.63) is 66.4 Å². The summed E-state index contributed by atoms with van der Waals surface area (Å²) in [7, 11) is 0. The number of fused-ring (bicyclic) bond motifs is 1. The highest BCUT2D eigenvalue weighted by molar-refractivity contribution is 6.04. The van der Waals surface area contributed by atoms with Crippen LogP contribution < -0.4 is 19.5 Å². The van der Waals surface area contributed by atoms with E-state index in [0.29, 0.717) is 59.8 Å². The topological polar surface area (TPSA) is 110 Å². The first-order valence-corrected chi connectivity index (χ1v) is 10.7. The van der Waals surface area contributed by atoms with Crippen molar-refractivity contribution >= 4 is 11.6 Å². The summed E-state index contributed by atoms with van der Waals surface area (Å²) in [6.45, 7) is 3.42. The molecule has 0 saturated heterocycles. The van der Waals surface area contributed by atoms with Gasteiger partial charge in [-0.15, -0.1) is 5.10 Å². The smallest absolute Gasteiger partial charge is 0.336 e. The summed E-state index contributed by atoms with van der Waals surface area (Å²) in [5.41, 5.74) is 1.71. The average Bonchev–Trinajstić information content (AvgIpc) is 3.62. The van der Waals surface area contributed by atoms with E-state index in [1.165, 1.54) is 0 Å². The summed E-state index contributed by atoms with van der Waals surface area (Å²) in [6.07, 6.45) is 1.56. The fourth-order valence-electron chi connectivity index (χ4n) is 3.39. The first kappa shape index (κ1) is 21.5. The Kier molecular flexibility index (Phi) is 6.13. The zero-order chi connectivity index (χ0) is 23.3. The van der Waals surface area contributed by atoms with Crippen molar-refractivity contribution in [1.29, 1.82) is 0 Å². The fourth-order valence-corrected chi connectivity index (χ4v) is 3.39. The van der Waals surface area contributed by atoms with E-state index < -0.39 is 0 Å². The highest BCUT2D eigenvalue weighted by atomic mass is 16.7. The largest absolute Gasteiger partial charge is 0.461 e. The minimum absolute atomic E-state index is 0.149. The number of nitrogens with zero attached hydrogens (tertiary/aromatic N) is 3. The number of nitrogens with one attached hydrogen (secondary N) is 1. The van der Waals surface area contributed by atoms with E-state index in [1.807, 2.05) is 19.1 Å². The Labute approximate surface area is 195 Å². The Bertz CT molecular complexity index is 1280. The van der Waals surface area contributed by atoms with Gasteiger partial charge in [0.25, 0.3) is 5.91 Å². The third kappa shape index (κ3) is 4.57. The molecular formula is C24H22N4O6. The zero-order valence-corrected chi connectivity index (χ0v) is 18.4. The Balaban J connectivity index is 1.39. The van der Waals surface area contributed by atoms with E-state index in [1.54, 1.807) is 53.4 Å². The fraction of sp³-hybridized carbons (Fsp3) is 0.208. The molecule has 0 saturated carbocycles. The number of amides is 1. The van der Waals surface area contributed by atoms with Crippen LogP contribution in [0.15, 0.2) is 65.3 Å². The average molecular weight is 462 g/mol. The van der Waals surface area contributed by atoms with Crippen LogP contribution in [0, 0.1) is 0 Å². The molecule has 0 aliphatic carbocycles. The third-order valence-electron chi connectivity index (χ3n) is 4.98. The van der Waals surface area contributed by atoms with Crippen LogP contribution in [0.4, 0.5) is 5.69 Å². The quantitative estimate of drug-likeness (QED) is 0.373. The predicted molar refractivity (Wildman–Crippen MR) is 122 cm³/mol. The van der Waals surface area contributed by atoms with E-state index in [-0.39, 0.29) is 18.7 Å². The van der Waals surface area contributed by atoms with Gasteiger partial charge in [-0.1, -0.05) is 6.07 Å². The second-order valence-electron chi connectivity index (χ2n) is 7.22. The van der Waals surface area contributed by atoms with Crippen LogP contribution >= 0.6 is 0 Å². The SMILES string of the molecule is CCOCCOc1nc(-c2ccco2)n(-c2cccc(NC(=O)c3ccc4c(c3)OCO4)c2)n1. The van der Waals surface area contributed by atoms with E-state index >= 15 is 0 Å². The molecule has 1 aliphatic rings. The number of aromatic nitrogens is 3. The van der Waals surface area contributed by atoms with E-state index in [2.05, 4.69) is 15.4 Å². The van der Waals surface area contributed by atoms with Gasteiger partial charge in [-0.2, -0.15) is 4.98 Å². The number of rotatable bonds is 9. The van der Waals surface area contributed by atoms with E-state index in [9.17, 15) is 4.79 Å². The number of furan rings is 1. The number of anilines is 1. The minimum atomic E-state index is -0.278. The second-order valence-corrected chi connectivity index (χ2v) is 7.22. The van der Waals surface area contributed by atoms with Gasteiger partial charge >= 0.3 is 6.01 Å². The predicted octanol–water partition coefficient (Wildman–Crippen LogP) is 3.92. The molecule has 2 aromatic carbocycles. The molecule has 0 radical (unpaired) electrons. The first-order valence-electron chi connectivity index (χ1n) is 10.7. The van der Waals surface area contributed by atoms with Crippen molar-refractivity contribution in [2.45, 2.75) is 6.92 Å². The van der Waals surface area contributed by atoms with Gasteiger partial charge in [-0.3, -0.25) is 4.79 Å². The van der Waals surface area contributed by atoms with Crippen LogP contribution in [-0.4, -0.2) is 47.3 Å². The minimum Gasteiger partial charge on any atom is -0.461 e. The number of carbonyl (C=O) groups is 1. The molecule has 34 heavy (non-hydrogen) atoms. The molecule has 0 bridgehead atoms. The van der Waals surface area contributed by atoms with Gasteiger partial charge in [-0.25, -0.2) is 4.68 Å². The van der Waals surface area contributed by atoms with Crippen LogP contribution in [-0.2, 0) is 4.74 Å². The molecule has 1 aliphatic heterocycles. The molecule has 0 spiro atoms. The molecule has 5 rings (SSSR count). The summed E-state index contributed by atoms with van der Waals surface area (Å²) in [4.78, 5) is 17.3. The Hall–Kier alpha value is -4.31. The lowest BCUT2D eigenvalue weighted by Gasteiger charge is -2.09. The van der Waals surface area contributed by atoms with Gasteiger partial charge in [0, 0.05) is 17.9 Å². The molecule has 1 N–H and O–H groups in total. The van der Waals surface area contributed by atoms with Gasteiger partial charge < -0.3 is 28.7 Å². The van der Waals surface area contributed by atoms with Crippen LogP contribution in [0.5, 0.6) is 17.5 Å². The van der Waals surface area contributed by atoms with Crippen molar-refractivity contribution in [3.63, 3.8) is 0 Å². The van der Waals surface area contributed by atoms with Crippen molar-refractivity contribution in [1.82, 2.24) is 14.8 Å². The maximum atomic E-state index is 12.8. The number of hydrogen-bond donors (Lipinski definition) is 1. The lowest BCUT2D eigenvalue weighted by molar-refractivity contribution is 0.102. The van der Waals surface area contributed by atoms with Crippen LogP contribution in [0.25, 0.3) is 17.3 Å². The van der Waals surface area contributed by atoms with Crippen LogP contribution in [0.3, 0.4) is 0 Å². The van der Waals surface area contributed by atoms with E-state index in [4.69, 9.17) is 23.4 Å². The van der Waals surface area contributed by atoms with Crippen LogP contribution in [0.2, 0.25) is 0 Å². The summed E-state index contributed by atoms with van der Waals surface area (Å²) in [6, 6.07) is 16.0. The lowest BCUT2D eigenvalue weighted by Crippen LogP contribution is -2.12. The molecule has 174 valence electrons. The summed E-state index contributed by atoms with van der Waals surface area (Å²) >= 11 is 0. The van der Waals surface area contributed by atoms with Crippen molar-refractivity contribution in [2.75, 3.05) is 31.9 Å². The maximum absolute atomic E-state index is 12.8. The molecule has 0 unspecified atom stereocenters. The molecule has 3 heterocycles. The van der Waals surface area contributed by atoms with Crippen molar-refractivity contribution in [2.24, 2.45) is 0 Å². The Morgan fingerprint density at radius 2 is 2.00 bits per heavy atom. The van der Waals surface area contributed by atoms with Gasteiger partial charge in [0.1, 0.15) is 6.61 Å². The van der Waals surface area contributed by atoms with E-state index in [0.717, 1.165) is 0 Å². The van der Waals surface area contributed by atoms with Gasteiger partial charge in [-0.05, 0) is 55.5 Å². The summed E-state index contributed by atoms with van der Waals surface area (Å²) in [5.74, 6) is 1.89. The highest BCUT2D eigenvalue weighted by Crippen LogP contribution is 2.33. The molecular weight excluding hydrogens is 440 g/mol. The summed E-state index contributed by atoms with van der Waals surface area (Å²) < 4.78 is 28.7. The number of ether oxygens (including phenoxy) is 4. The number of carbonyl (C=O) groups excluding carboxylic acids is 1. The first-order chi connectivity index (χ1) is 16.7. The van der Waals surface area contributed by atoms with Crippen molar-refractivity contribution in [3.8, 4) is 34.8 Å². The normalized spacial score (nSPS) is 12.0. The second kappa shape index (κ2) is 9.67. The molecule has 10 heteroatoms. The van der Waals surface area contributed by atoms with Crippen molar-refractivity contribution < 1.29 is 28.2 Å². The molecule has 4 aromatic rings.